The zero-order valence-corrected chi connectivity index (χ0v) is 17.5. The van der Waals surface area contributed by atoms with E-state index in [4.69, 9.17) is 9.26 Å². The normalized spacial score (nSPS) is 11.6. The predicted molar refractivity (Wildman–Crippen MR) is 109 cm³/mol. The molecule has 8 nitrogen and oxygen atoms in total. The fourth-order valence-electron chi connectivity index (χ4n) is 2.39. The third-order valence-corrected chi connectivity index (χ3v) is 4.43. The predicted octanol–water partition coefficient (Wildman–Crippen LogP) is 3.19. The highest BCUT2D eigenvalue weighted by Crippen LogP contribution is 2.19. The van der Waals surface area contributed by atoms with Crippen LogP contribution >= 0.6 is 15.9 Å². The van der Waals surface area contributed by atoms with Gasteiger partial charge in [-0.1, -0.05) is 27.2 Å². The molecule has 0 aliphatic heterocycles. The van der Waals surface area contributed by atoms with Gasteiger partial charge in [-0.05, 0) is 49.4 Å². The van der Waals surface area contributed by atoms with Crippen LogP contribution < -0.4 is 15.6 Å². The minimum absolute atomic E-state index is 0.0200. The zero-order valence-electron chi connectivity index (χ0n) is 15.9. The molecule has 0 saturated heterocycles. The van der Waals surface area contributed by atoms with Crippen molar-refractivity contribution in [1.82, 2.24) is 21.0 Å². The number of aryl methyl sites for hydroxylation is 1. The van der Waals surface area contributed by atoms with E-state index in [9.17, 15) is 14.0 Å². The Hall–Kier alpha value is -3.27. The van der Waals surface area contributed by atoms with E-state index >= 15 is 0 Å². The summed E-state index contributed by atoms with van der Waals surface area (Å²) in [5.41, 5.74) is 5.23. The molecule has 2 N–H and O–H groups in total. The quantitative estimate of drug-likeness (QED) is 0.507. The Labute approximate surface area is 179 Å². The molecule has 2 amide bonds. The molecule has 1 unspecified atom stereocenters. The number of hydrazine groups is 1. The number of halogens is 2. The highest BCUT2D eigenvalue weighted by Gasteiger charge is 2.16. The molecule has 3 aromatic rings. The maximum absolute atomic E-state index is 13.0. The minimum atomic E-state index is -0.811. The Morgan fingerprint density at radius 1 is 1.20 bits per heavy atom. The Balaban J connectivity index is 1.42. The summed E-state index contributed by atoms with van der Waals surface area (Å²) in [4.78, 5) is 28.2. The van der Waals surface area contributed by atoms with E-state index in [2.05, 4.69) is 36.9 Å². The first-order valence-electron chi connectivity index (χ1n) is 9.00. The van der Waals surface area contributed by atoms with Crippen molar-refractivity contribution in [3.8, 4) is 17.1 Å². The van der Waals surface area contributed by atoms with Crippen molar-refractivity contribution in [2.45, 2.75) is 25.9 Å². The lowest BCUT2D eigenvalue weighted by molar-refractivity contribution is -0.132. The smallest absolute Gasteiger partial charge is 0.279 e. The van der Waals surface area contributed by atoms with Crippen LogP contribution in [0, 0.1) is 5.82 Å². The van der Waals surface area contributed by atoms with Crippen molar-refractivity contribution < 1.29 is 23.2 Å². The van der Waals surface area contributed by atoms with Crippen molar-refractivity contribution in [2.75, 3.05) is 0 Å². The molecule has 0 bridgehead atoms. The summed E-state index contributed by atoms with van der Waals surface area (Å²) < 4.78 is 24.4. The van der Waals surface area contributed by atoms with Gasteiger partial charge in [-0.2, -0.15) is 4.98 Å². The molecule has 0 radical (unpaired) electrons. The Kier molecular flexibility index (Phi) is 7.12. The number of carbonyl (C=O) groups is 2. The summed E-state index contributed by atoms with van der Waals surface area (Å²) in [5, 5.41) is 3.81. The Morgan fingerprint density at radius 2 is 1.97 bits per heavy atom. The average molecular weight is 477 g/mol. The molecule has 10 heteroatoms. The lowest BCUT2D eigenvalue weighted by Crippen LogP contribution is -2.47. The minimum Gasteiger partial charge on any atom is -0.481 e. The number of carbonyl (C=O) groups excluding carboxylic acids is 2. The Bertz CT molecular complexity index is 1030. The highest BCUT2D eigenvalue weighted by atomic mass is 79.9. The summed E-state index contributed by atoms with van der Waals surface area (Å²) in [7, 11) is 0. The van der Waals surface area contributed by atoms with Crippen molar-refractivity contribution in [1.29, 1.82) is 0 Å². The first-order valence-corrected chi connectivity index (χ1v) is 9.79. The summed E-state index contributed by atoms with van der Waals surface area (Å²) in [5.74, 6) is -0.220. The van der Waals surface area contributed by atoms with Crippen molar-refractivity contribution in [3.05, 3.63) is 64.7 Å². The second-order valence-electron chi connectivity index (χ2n) is 6.27. The second-order valence-corrected chi connectivity index (χ2v) is 7.19. The third kappa shape index (κ3) is 6.11. The van der Waals surface area contributed by atoms with Gasteiger partial charge in [-0.15, -0.1) is 0 Å². The number of hydrogen-bond acceptors (Lipinski definition) is 6. The van der Waals surface area contributed by atoms with Crippen LogP contribution in [-0.4, -0.2) is 28.1 Å². The van der Waals surface area contributed by atoms with Gasteiger partial charge in [0, 0.05) is 22.9 Å². The first-order chi connectivity index (χ1) is 14.4. The van der Waals surface area contributed by atoms with Gasteiger partial charge in [-0.25, -0.2) is 4.39 Å². The van der Waals surface area contributed by atoms with Gasteiger partial charge in [0.05, 0.1) is 0 Å². The van der Waals surface area contributed by atoms with E-state index in [1.54, 1.807) is 25.1 Å². The lowest BCUT2D eigenvalue weighted by Gasteiger charge is -2.15. The number of benzene rings is 2. The molecule has 1 heterocycles. The van der Waals surface area contributed by atoms with E-state index in [0.29, 0.717) is 17.1 Å². The fourth-order valence-corrected chi connectivity index (χ4v) is 2.76. The van der Waals surface area contributed by atoms with Crippen LogP contribution in [-0.2, 0) is 16.0 Å². The van der Waals surface area contributed by atoms with Crippen molar-refractivity contribution in [3.63, 3.8) is 0 Å². The van der Waals surface area contributed by atoms with E-state index in [1.807, 2.05) is 6.07 Å². The molecule has 2 aromatic carbocycles. The molecule has 1 aromatic heterocycles. The maximum atomic E-state index is 13.0. The van der Waals surface area contributed by atoms with E-state index in [0.717, 1.165) is 4.47 Å². The van der Waals surface area contributed by atoms with Gasteiger partial charge < -0.3 is 9.26 Å². The lowest BCUT2D eigenvalue weighted by atomic mass is 10.2. The number of rotatable bonds is 7. The second kappa shape index (κ2) is 9.97. The molecule has 156 valence electrons. The standard InChI is InChI=1S/C20H18BrFN4O4/c1-12(29-16-4-2-3-14(21)11-16)20(28)25-24-17(27)9-10-18-23-19(26-30-18)13-5-7-15(22)8-6-13/h2-8,11-12H,9-10H2,1H3,(H,24,27)(H,25,28). The molecular formula is C20H18BrFN4O4. The van der Waals surface area contributed by atoms with Gasteiger partial charge >= 0.3 is 0 Å². The molecule has 0 aliphatic rings. The van der Waals surface area contributed by atoms with Crippen LogP contribution in [0.5, 0.6) is 5.75 Å². The number of nitrogens with zero attached hydrogens (tertiary/aromatic N) is 2. The van der Waals surface area contributed by atoms with Crippen LogP contribution in [0.15, 0.2) is 57.5 Å². The highest BCUT2D eigenvalue weighted by molar-refractivity contribution is 9.10. The van der Waals surface area contributed by atoms with Gasteiger partial charge in [0.1, 0.15) is 11.6 Å². The summed E-state index contributed by atoms with van der Waals surface area (Å²) in [6, 6.07) is 12.7. The van der Waals surface area contributed by atoms with E-state index < -0.39 is 17.9 Å². The van der Waals surface area contributed by atoms with Crippen LogP contribution in [0.4, 0.5) is 4.39 Å². The number of aromatic nitrogens is 2. The first kappa shape index (κ1) is 21.4. The summed E-state index contributed by atoms with van der Waals surface area (Å²) in [6.07, 6.45) is -0.611. The molecule has 1 atom stereocenters. The van der Waals surface area contributed by atoms with E-state index in [-0.39, 0.29) is 24.5 Å². The van der Waals surface area contributed by atoms with Crippen LogP contribution in [0.1, 0.15) is 19.2 Å². The van der Waals surface area contributed by atoms with Crippen LogP contribution in [0.25, 0.3) is 11.4 Å². The fraction of sp³-hybridized carbons (Fsp3) is 0.200. The van der Waals surface area contributed by atoms with Gasteiger partial charge in [0.2, 0.25) is 17.6 Å². The molecular weight excluding hydrogens is 459 g/mol. The zero-order chi connectivity index (χ0) is 21.5. The summed E-state index contributed by atoms with van der Waals surface area (Å²) >= 11 is 3.32. The van der Waals surface area contributed by atoms with Gasteiger partial charge in [0.25, 0.3) is 5.91 Å². The summed E-state index contributed by atoms with van der Waals surface area (Å²) in [6.45, 7) is 1.57. The Morgan fingerprint density at radius 3 is 2.70 bits per heavy atom. The van der Waals surface area contributed by atoms with Gasteiger partial charge in [0.15, 0.2) is 6.10 Å². The van der Waals surface area contributed by atoms with Gasteiger partial charge in [-0.3, -0.25) is 20.4 Å². The number of hydrogen-bond donors (Lipinski definition) is 2. The molecule has 3 rings (SSSR count). The van der Waals surface area contributed by atoms with E-state index in [1.165, 1.54) is 24.3 Å². The van der Waals surface area contributed by atoms with Crippen molar-refractivity contribution >= 4 is 27.7 Å². The number of amides is 2. The maximum Gasteiger partial charge on any atom is 0.279 e. The molecule has 30 heavy (non-hydrogen) atoms. The molecule has 0 fully saturated rings. The largest absolute Gasteiger partial charge is 0.481 e. The third-order valence-electron chi connectivity index (χ3n) is 3.94. The van der Waals surface area contributed by atoms with Crippen LogP contribution in [0.3, 0.4) is 0 Å². The van der Waals surface area contributed by atoms with Crippen LogP contribution in [0.2, 0.25) is 0 Å². The van der Waals surface area contributed by atoms with Crippen molar-refractivity contribution in [2.24, 2.45) is 0 Å². The number of ether oxygens (including phenoxy) is 1. The SMILES string of the molecule is CC(Oc1cccc(Br)c1)C(=O)NNC(=O)CCc1nc(-c2ccc(F)cc2)no1. The molecule has 0 spiro atoms. The monoisotopic (exact) mass is 476 g/mol. The average Bonchev–Trinajstić information content (AvgIpc) is 3.20. The topological polar surface area (TPSA) is 106 Å². The molecule has 0 saturated carbocycles. The number of nitrogens with one attached hydrogen (secondary N) is 2. The molecule has 0 aliphatic carbocycles.